The van der Waals surface area contributed by atoms with Gasteiger partial charge in [0.25, 0.3) is 0 Å². The quantitative estimate of drug-likeness (QED) is 0.0556. The summed E-state index contributed by atoms with van der Waals surface area (Å²) >= 11 is 0. The maximum atomic E-state index is 12.4. The molecular weight excluding hydrogens is 763 g/mol. The van der Waals surface area contributed by atoms with Crippen LogP contribution in [-0.4, -0.2) is 61.4 Å². The van der Waals surface area contributed by atoms with Crippen LogP contribution in [0.3, 0.4) is 0 Å². The van der Waals surface area contributed by atoms with Crippen LogP contribution in [-0.2, 0) is 12.8 Å². The summed E-state index contributed by atoms with van der Waals surface area (Å²) < 4.78 is 0. The summed E-state index contributed by atoms with van der Waals surface area (Å²) in [6.45, 7) is 0.495. The molecule has 9 nitrogen and oxygen atoms in total. The molecular formula is C52H57N3O6. The summed E-state index contributed by atoms with van der Waals surface area (Å²) in [6.07, 6.45) is 24.1. The number of aromatic hydroxyl groups is 5. The highest BCUT2D eigenvalue weighted by Gasteiger charge is 2.77. The molecule has 0 amide bonds. The predicted octanol–water partition coefficient (Wildman–Crippen LogP) is 9.52. The van der Waals surface area contributed by atoms with Crippen molar-refractivity contribution in [3.8, 4) is 28.7 Å². The molecule has 5 aliphatic carbocycles. The van der Waals surface area contributed by atoms with E-state index in [1.807, 2.05) is 12.1 Å². The summed E-state index contributed by atoms with van der Waals surface area (Å²) in [5, 5.41) is 70.8. The summed E-state index contributed by atoms with van der Waals surface area (Å²) in [6, 6.07) is 18.8. The normalized spacial score (nSPS) is 34.8. The Morgan fingerprint density at radius 1 is 0.770 bits per heavy atom. The minimum absolute atomic E-state index is 0.102. The van der Waals surface area contributed by atoms with Crippen LogP contribution >= 0.6 is 0 Å². The zero-order chi connectivity index (χ0) is 41.7. The lowest BCUT2D eigenvalue weighted by molar-refractivity contribution is -0.204. The second-order valence-electron chi connectivity index (χ2n) is 19.6. The van der Waals surface area contributed by atoms with Gasteiger partial charge in [-0.15, -0.1) is 0 Å². The number of hydrogen-bond acceptors (Lipinski definition) is 9. The lowest BCUT2D eigenvalue weighted by Gasteiger charge is -2.73. The minimum atomic E-state index is -0.489. The Hall–Kier alpha value is -5.12. The molecule has 7 N–H and O–H groups in total. The summed E-state index contributed by atoms with van der Waals surface area (Å²) in [5.41, 5.74) is 5.31. The SMILES string of the molecule is Oc1ccc(C=Cc2c(CCc3ccc(C4CCC5CC6CCCC67CCC68CCCC6C=CC(O)C8C7(C6=NCN=C6)C5N4)cc3)c(O)c(O)c3c(O)cccc23)cc1O. The van der Waals surface area contributed by atoms with Gasteiger partial charge >= 0.3 is 0 Å². The fraction of sp³-hybridized carbons (Fsp3) is 0.462. The first-order valence-electron chi connectivity index (χ1n) is 22.8. The molecule has 4 aromatic carbocycles. The summed E-state index contributed by atoms with van der Waals surface area (Å²) in [5.74, 6) is 0.612. The average Bonchev–Trinajstić information content (AvgIpc) is 4.05. The molecule has 10 atom stereocenters. The van der Waals surface area contributed by atoms with Crippen molar-refractivity contribution >= 4 is 34.9 Å². The van der Waals surface area contributed by atoms with Gasteiger partial charge in [-0.2, -0.15) is 0 Å². The van der Waals surface area contributed by atoms with Gasteiger partial charge in [-0.05, 0) is 145 Å². The van der Waals surface area contributed by atoms with E-state index in [0.717, 1.165) is 18.4 Å². The van der Waals surface area contributed by atoms with E-state index in [4.69, 9.17) is 9.98 Å². The fourth-order valence-corrected chi connectivity index (χ4v) is 15.0. The van der Waals surface area contributed by atoms with Gasteiger partial charge in [0.2, 0.25) is 0 Å². The third kappa shape index (κ3) is 5.64. The third-order valence-electron chi connectivity index (χ3n) is 17.3. The number of rotatable bonds is 7. The molecule has 4 saturated carbocycles. The number of aliphatic imine (C=N–C) groups is 2. The number of phenols is 5. The highest BCUT2D eigenvalue weighted by atomic mass is 16.3. The number of phenolic OH excluding ortho intramolecular Hbond substituents is 5. The topological polar surface area (TPSA) is 158 Å². The first-order chi connectivity index (χ1) is 29.6. The van der Waals surface area contributed by atoms with Crippen molar-refractivity contribution in [3.05, 3.63) is 101 Å². The van der Waals surface area contributed by atoms with E-state index in [1.54, 1.807) is 18.2 Å². The van der Waals surface area contributed by atoms with Gasteiger partial charge in [-0.3, -0.25) is 9.98 Å². The number of nitrogens with one attached hydrogen (secondary N) is 1. The smallest absolute Gasteiger partial charge is 0.169 e. The maximum Gasteiger partial charge on any atom is 0.169 e. The van der Waals surface area contributed by atoms with E-state index in [9.17, 15) is 30.6 Å². The highest BCUT2D eigenvalue weighted by molar-refractivity contribution is 6.34. The van der Waals surface area contributed by atoms with E-state index >= 15 is 0 Å². The van der Waals surface area contributed by atoms with Crippen molar-refractivity contribution in [2.75, 3.05) is 6.67 Å². The Balaban J connectivity index is 0.910. The minimum Gasteiger partial charge on any atom is -0.507 e. The first kappa shape index (κ1) is 38.8. The van der Waals surface area contributed by atoms with E-state index in [2.05, 4.69) is 47.9 Å². The molecule has 5 fully saturated rings. The zero-order valence-corrected chi connectivity index (χ0v) is 34.7. The molecule has 4 aromatic rings. The molecule has 10 unspecified atom stereocenters. The molecule has 316 valence electrons. The van der Waals surface area contributed by atoms with Crippen LogP contribution in [0, 0.1) is 39.9 Å². The Kier molecular flexibility index (Phi) is 9.21. The van der Waals surface area contributed by atoms with Gasteiger partial charge in [0.15, 0.2) is 23.0 Å². The van der Waals surface area contributed by atoms with E-state index in [-0.39, 0.29) is 68.4 Å². The molecule has 2 aliphatic heterocycles. The predicted molar refractivity (Wildman–Crippen MR) is 239 cm³/mol. The zero-order valence-electron chi connectivity index (χ0n) is 34.7. The third-order valence-corrected chi connectivity index (χ3v) is 17.3. The van der Waals surface area contributed by atoms with Crippen molar-refractivity contribution in [1.82, 2.24) is 5.32 Å². The molecule has 0 radical (unpaired) electrons. The van der Waals surface area contributed by atoms with Crippen LogP contribution < -0.4 is 5.32 Å². The van der Waals surface area contributed by atoms with Crippen LogP contribution in [0.2, 0.25) is 0 Å². The van der Waals surface area contributed by atoms with Gasteiger partial charge in [-0.25, -0.2) is 0 Å². The molecule has 1 saturated heterocycles. The van der Waals surface area contributed by atoms with Crippen molar-refractivity contribution in [2.45, 2.75) is 102 Å². The lowest BCUT2D eigenvalue weighted by Crippen LogP contribution is -2.76. The number of nitrogens with zero attached hydrogens (tertiary/aromatic N) is 2. The number of allylic oxidation sites excluding steroid dienone is 1. The fourth-order valence-electron chi connectivity index (χ4n) is 15.0. The first-order valence-corrected chi connectivity index (χ1v) is 22.8. The Morgan fingerprint density at radius 2 is 1.62 bits per heavy atom. The number of benzene rings is 4. The Labute approximate surface area is 357 Å². The lowest BCUT2D eigenvalue weighted by atomic mass is 9.32. The highest BCUT2D eigenvalue weighted by Crippen LogP contribution is 2.78. The van der Waals surface area contributed by atoms with Crippen molar-refractivity contribution < 1.29 is 30.6 Å². The molecule has 2 heterocycles. The second kappa shape index (κ2) is 14.5. The van der Waals surface area contributed by atoms with Crippen LogP contribution in [0.15, 0.2) is 82.8 Å². The standard InChI is InChI=1S/C52H57N3O6/c56-40-20-12-31(26-43(40)59)11-17-36-37-6-1-7-41(57)45(37)47(61)46(60)38(36)18-10-30-8-13-32(14-9-30)39-19-15-33-27-35-5-3-23-51(35)25-24-50-22-2-4-34(50)16-21-42(58)48(50)52(51,49(33)55-39)44-28-53-29-54-44/h1,6-9,11-14,16-17,20-21,26,28,33-35,39,42,48-49,55-61H,2-5,10,15,18-19,22-25,27,29H2. The molecule has 9 heteroatoms. The van der Waals surface area contributed by atoms with Crippen LogP contribution in [0.1, 0.15) is 104 Å². The van der Waals surface area contributed by atoms with Gasteiger partial charge in [0.05, 0.1) is 17.2 Å². The maximum absolute atomic E-state index is 12.4. The summed E-state index contributed by atoms with van der Waals surface area (Å²) in [7, 11) is 0. The van der Waals surface area contributed by atoms with Crippen LogP contribution in [0.25, 0.3) is 22.9 Å². The van der Waals surface area contributed by atoms with Crippen molar-refractivity contribution in [1.29, 1.82) is 0 Å². The molecule has 61 heavy (non-hydrogen) atoms. The van der Waals surface area contributed by atoms with Crippen molar-refractivity contribution in [3.63, 3.8) is 0 Å². The second-order valence-corrected chi connectivity index (χ2v) is 19.6. The molecule has 11 rings (SSSR count). The van der Waals surface area contributed by atoms with E-state index in [1.165, 1.54) is 87.3 Å². The number of hydrogen-bond donors (Lipinski definition) is 7. The number of aliphatic hydroxyl groups excluding tert-OH is 1. The average molecular weight is 820 g/mol. The van der Waals surface area contributed by atoms with Crippen LogP contribution in [0.5, 0.6) is 28.7 Å². The van der Waals surface area contributed by atoms with Gasteiger partial charge in [0, 0.05) is 35.2 Å². The molecule has 0 aromatic heterocycles. The number of aliphatic hydroxyl groups is 1. The number of aryl methyl sites for hydroxylation is 1. The van der Waals surface area contributed by atoms with E-state index in [0.29, 0.717) is 59.3 Å². The van der Waals surface area contributed by atoms with Crippen LogP contribution in [0.4, 0.5) is 0 Å². The largest absolute Gasteiger partial charge is 0.507 e. The number of piperidine rings is 1. The van der Waals surface area contributed by atoms with E-state index < -0.39 is 6.10 Å². The Morgan fingerprint density at radius 3 is 2.44 bits per heavy atom. The van der Waals surface area contributed by atoms with Gasteiger partial charge in [0.1, 0.15) is 12.4 Å². The van der Waals surface area contributed by atoms with Gasteiger partial charge < -0.3 is 36.0 Å². The molecule has 7 aliphatic rings. The summed E-state index contributed by atoms with van der Waals surface area (Å²) in [4.78, 5) is 10.1. The van der Waals surface area contributed by atoms with Crippen molar-refractivity contribution in [2.24, 2.45) is 49.9 Å². The van der Waals surface area contributed by atoms with Gasteiger partial charge in [-0.1, -0.05) is 79.6 Å². The Bertz CT molecular complexity index is 2530. The number of fused-ring (bicyclic) bond motifs is 4. The monoisotopic (exact) mass is 819 g/mol. The molecule has 0 bridgehead atoms. The molecule has 2 spiro atoms.